The molecule has 0 aliphatic carbocycles. The van der Waals surface area contributed by atoms with Gasteiger partial charge in [0.2, 0.25) is 0 Å². The maximum Gasteiger partial charge on any atom is 0.296 e. The number of nitrogens with zero attached hydrogens (tertiary/aromatic N) is 1. The summed E-state index contributed by atoms with van der Waals surface area (Å²) in [6.07, 6.45) is 0. The summed E-state index contributed by atoms with van der Waals surface area (Å²) >= 11 is 6.18. The van der Waals surface area contributed by atoms with Crippen LogP contribution in [0.5, 0.6) is 0 Å². The van der Waals surface area contributed by atoms with Crippen molar-refractivity contribution in [2.75, 3.05) is 34.8 Å². The first-order valence-corrected chi connectivity index (χ1v) is 7.72. The Labute approximate surface area is 117 Å². The van der Waals surface area contributed by atoms with Crippen LogP contribution >= 0.6 is 11.6 Å². The number of amides is 1. The molecule has 19 heavy (non-hydrogen) atoms. The van der Waals surface area contributed by atoms with Gasteiger partial charge in [0.05, 0.1) is 22.0 Å². The van der Waals surface area contributed by atoms with Gasteiger partial charge in [0.25, 0.3) is 11.7 Å². The van der Waals surface area contributed by atoms with E-state index in [1.54, 1.807) is 6.07 Å². The average Bonchev–Trinajstić information content (AvgIpc) is 2.66. The number of benzene rings is 1. The minimum atomic E-state index is -0.761. The van der Waals surface area contributed by atoms with Crippen molar-refractivity contribution in [1.29, 1.82) is 0 Å². The van der Waals surface area contributed by atoms with E-state index in [2.05, 4.69) is 5.32 Å². The maximum atomic E-state index is 11.6. The zero-order valence-corrected chi connectivity index (χ0v) is 11.5. The standard InChI is InChI=1S/C12H11ClN2O3S/c13-8-5-7-9(14-12(17)11(7)16)6-10(8)15-1-3-19(18)4-2-15/h5-6H,1-4H2,(H,14,16,17). The summed E-state index contributed by atoms with van der Waals surface area (Å²) in [7, 11) is -0.761. The van der Waals surface area contributed by atoms with E-state index >= 15 is 0 Å². The quantitative estimate of drug-likeness (QED) is 0.787. The molecule has 7 heteroatoms. The van der Waals surface area contributed by atoms with Gasteiger partial charge in [-0.2, -0.15) is 0 Å². The van der Waals surface area contributed by atoms with Crippen molar-refractivity contribution >= 4 is 45.5 Å². The predicted molar refractivity (Wildman–Crippen MR) is 74.5 cm³/mol. The number of carbonyl (C=O) groups excluding carboxylic acids is 2. The van der Waals surface area contributed by atoms with Gasteiger partial charge in [-0.3, -0.25) is 13.8 Å². The molecule has 2 aliphatic heterocycles. The molecule has 1 aromatic rings. The van der Waals surface area contributed by atoms with Crippen LogP contribution in [0.1, 0.15) is 10.4 Å². The number of rotatable bonds is 1. The smallest absolute Gasteiger partial charge is 0.296 e. The summed E-state index contributed by atoms with van der Waals surface area (Å²) in [6.45, 7) is 1.32. The normalized spacial score (nSPS) is 19.5. The number of nitrogens with one attached hydrogen (secondary N) is 1. The minimum absolute atomic E-state index is 0.319. The molecule has 0 unspecified atom stereocenters. The molecule has 1 saturated heterocycles. The molecule has 1 N–H and O–H groups in total. The summed E-state index contributed by atoms with van der Waals surface area (Å²) < 4.78 is 11.3. The fourth-order valence-corrected chi connectivity index (χ4v) is 3.61. The number of Topliss-reactive ketones (excluding diaryl/α,β-unsaturated/α-hetero) is 1. The largest absolute Gasteiger partial charge is 0.368 e. The van der Waals surface area contributed by atoms with Gasteiger partial charge < -0.3 is 10.2 Å². The Morgan fingerprint density at radius 3 is 2.58 bits per heavy atom. The van der Waals surface area contributed by atoms with Crippen molar-refractivity contribution in [2.45, 2.75) is 0 Å². The molecule has 1 aromatic carbocycles. The summed E-state index contributed by atoms with van der Waals surface area (Å²) in [4.78, 5) is 24.9. The molecule has 3 rings (SSSR count). The molecule has 0 spiro atoms. The summed E-state index contributed by atoms with van der Waals surface area (Å²) in [5.74, 6) is 0.0448. The van der Waals surface area contributed by atoms with Gasteiger partial charge >= 0.3 is 0 Å². The predicted octanol–water partition coefficient (Wildman–Crippen LogP) is 1.04. The highest BCUT2D eigenvalue weighted by Gasteiger charge is 2.30. The highest BCUT2D eigenvalue weighted by Crippen LogP contribution is 2.35. The van der Waals surface area contributed by atoms with Crippen LogP contribution in [0, 0.1) is 0 Å². The first kappa shape index (κ1) is 12.6. The van der Waals surface area contributed by atoms with Crippen molar-refractivity contribution in [1.82, 2.24) is 0 Å². The van der Waals surface area contributed by atoms with E-state index in [1.165, 1.54) is 6.07 Å². The van der Waals surface area contributed by atoms with Gasteiger partial charge in [0, 0.05) is 35.4 Å². The summed E-state index contributed by atoms with van der Waals surface area (Å²) in [5, 5.41) is 2.97. The minimum Gasteiger partial charge on any atom is -0.368 e. The van der Waals surface area contributed by atoms with Crippen molar-refractivity contribution in [3.8, 4) is 0 Å². The van der Waals surface area contributed by atoms with E-state index in [9.17, 15) is 13.8 Å². The van der Waals surface area contributed by atoms with Crippen molar-refractivity contribution < 1.29 is 13.8 Å². The molecule has 0 bridgehead atoms. The number of hydrogen-bond acceptors (Lipinski definition) is 4. The fraction of sp³-hybridized carbons (Fsp3) is 0.333. The van der Waals surface area contributed by atoms with E-state index in [0.717, 1.165) is 5.69 Å². The Morgan fingerprint density at radius 2 is 1.89 bits per heavy atom. The van der Waals surface area contributed by atoms with Crippen LogP contribution in [0.2, 0.25) is 5.02 Å². The highest BCUT2D eigenvalue weighted by molar-refractivity contribution is 7.85. The fourth-order valence-electron chi connectivity index (χ4n) is 2.28. The van der Waals surface area contributed by atoms with Gasteiger partial charge in [0.1, 0.15) is 0 Å². The van der Waals surface area contributed by atoms with E-state index in [0.29, 0.717) is 40.9 Å². The number of anilines is 2. The van der Waals surface area contributed by atoms with Crippen LogP contribution < -0.4 is 10.2 Å². The number of fused-ring (bicyclic) bond motifs is 1. The second kappa shape index (κ2) is 4.61. The molecule has 1 amide bonds. The molecular formula is C12H11ClN2O3S. The van der Waals surface area contributed by atoms with Gasteiger partial charge in [-0.15, -0.1) is 0 Å². The molecule has 0 atom stereocenters. The van der Waals surface area contributed by atoms with Gasteiger partial charge in [-0.05, 0) is 12.1 Å². The third-order valence-electron chi connectivity index (χ3n) is 3.30. The molecule has 0 saturated carbocycles. The lowest BCUT2D eigenvalue weighted by atomic mass is 10.1. The van der Waals surface area contributed by atoms with Crippen molar-refractivity contribution in [3.05, 3.63) is 22.7 Å². The van der Waals surface area contributed by atoms with Crippen LogP contribution in [0.4, 0.5) is 11.4 Å². The average molecular weight is 299 g/mol. The third kappa shape index (κ3) is 2.15. The molecule has 5 nitrogen and oxygen atoms in total. The third-order valence-corrected chi connectivity index (χ3v) is 4.88. The number of carbonyl (C=O) groups is 2. The Bertz CT molecular complexity index is 607. The van der Waals surface area contributed by atoms with Crippen LogP contribution in [-0.2, 0) is 15.6 Å². The molecule has 2 heterocycles. The van der Waals surface area contributed by atoms with Gasteiger partial charge in [-0.1, -0.05) is 11.6 Å². The number of ketones is 1. The van der Waals surface area contributed by atoms with Crippen LogP contribution in [-0.4, -0.2) is 40.5 Å². The highest BCUT2D eigenvalue weighted by atomic mass is 35.5. The maximum absolute atomic E-state index is 11.6. The molecule has 0 aromatic heterocycles. The Kier molecular flexibility index (Phi) is 3.06. The molecule has 2 aliphatic rings. The molecule has 100 valence electrons. The lowest BCUT2D eigenvalue weighted by Gasteiger charge is -2.29. The van der Waals surface area contributed by atoms with E-state index in [-0.39, 0.29) is 0 Å². The van der Waals surface area contributed by atoms with Crippen LogP contribution in [0.25, 0.3) is 0 Å². The van der Waals surface area contributed by atoms with Crippen molar-refractivity contribution in [2.24, 2.45) is 0 Å². The monoisotopic (exact) mass is 298 g/mol. The molecular weight excluding hydrogens is 288 g/mol. The second-order valence-corrected chi connectivity index (χ2v) is 6.57. The van der Waals surface area contributed by atoms with Gasteiger partial charge in [-0.25, -0.2) is 0 Å². The Balaban J connectivity index is 1.96. The first-order chi connectivity index (χ1) is 9.06. The summed E-state index contributed by atoms with van der Waals surface area (Å²) in [6, 6.07) is 3.24. The van der Waals surface area contributed by atoms with E-state index in [1.807, 2.05) is 4.90 Å². The molecule has 1 fully saturated rings. The topological polar surface area (TPSA) is 66.5 Å². The SMILES string of the molecule is O=C1Nc2cc(N3CCS(=O)CC3)c(Cl)cc2C1=O. The van der Waals surface area contributed by atoms with Crippen LogP contribution in [0.3, 0.4) is 0 Å². The van der Waals surface area contributed by atoms with Crippen LogP contribution in [0.15, 0.2) is 12.1 Å². The van der Waals surface area contributed by atoms with E-state index < -0.39 is 22.5 Å². The Morgan fingerprint density at radius 1 is 1.21 bits per heavy atom. The first-order valence-electron chi connectivity index (χ1n) is 5.85. The Hall–Kier alpha value is -1.40. The lowest BCUT2D eigenvalue weighted by molar-refractivity contribution is -0.112. The van der Waals surface area contributed by atoms with Crippen molar-refractivity contribution in [3.63, 3.8) is 0 Å². The molecule has 0 radical (unpaired) electrons. The number of halogens is 1. The second-order valence-electron chi connectivity index (χ2n) is 4.47. The zero-order valence-electron chi connectivity index (χ0n) is 9.94. The number of hydrogen-bond donors (Lipinski definition) is 1. The van der Waals surface area contributed by atoms with E-state index in [4.69, 9.17) is 11.6 Å². The van der Waals surface area contributed by atoms with Gasteiger partial charge in [0.15, 0.2) is 0 Å². The zero-order chi connectivity index (χ0) is 13.6. The lowest BCUT2D eigenvalue weighted by Crippen LogP contribution is -2.37. The summed E-state index contributed by atoms with van der Waals surface area (Å²) in [5.41, 5.74) is 1.59.